The topological polar surface area (TPSA) is 62.7 Å². The summed E-state index contributed by atoms with van der Waals surface area (Å²) in [5.41, 5.74) is 2.20. The van der Waals surface area contributed by atoms with Crippen molar-refractivity contribution in [3.8, 4) is 0 Å². The number of aryl methyl sites for hydroxylation is 1. The Balaban J connectivity index is 1.90. The third kappa shape index (κ3) is 3.51. The summed E-state index contributed by atoms with van der Waals surface area (Å²) in [6.45, 7) is 4.47. The van der Waals surface area contributed by atoms with Crippen molar-refractivity contribution in [2.45, 2.75) is 13.3 Å². The van der Waals surface area contributed by atoms with Gasteiger partial charge in [0, 0.05) is 19.5 Å². The van der Waals surface area contributed by atoms with Gasteiger partial charge in [0.1, 0.15) is 10.7 Å². The summed E-state index contributed by atoms with van der Waals surface area (Å²) in [5, 5.41) is 10.1. The number of halogens is 1. The first-order valence-electron chi connectivity index (χ1n) is 7.35. The molecule has 1 aromatic carbocycles. The van der Waals surface area contributed by atoms with Gasteiger partial charge in [-0.25, -0.2) is 14.2 Å². The summed E-state index contributed by atoms with van der Waals surface area (Å²) >= 11 is 1.19. The molecule has 3 rings (SSSR count). The molecule has 0 spiro atoms. The molecule has 1 aromatic heterocycles. The molecule has 5 nitrogen and oxygen atoms in total. The van der Waals surface area contributed by atoms with E-state index in [9.17, 15) is 14.3 Å². The van der Waals surface area contributed by atoms with E-state index < -0.39 is 5.97 Å². The van der Waals surface area contributed by atoms with Gasteiger partial charge in [0.2, 0.25) is 0 Å². The van der Waals surface area contributed by atoms with E-state index in [4.69, 9.17) is 4.74 Å². The minimum absolute atomic E-state index is 0.246. The molecule has 1 fully saturated rings. The fourth-order valence-corrected chi connectivity index (χ4v) is 3.53. The lowest BCUT2D eigenvalue weighted by atomic mass is 10.0. The number of carbonyl (C=O) groups is 1. The van der Waals surface area contributed by atoms with Crippen molar-refractivity contribution in [1.82, 2.24) is 4.98 Å². The smallest absolute Gasteiger partial charge is 0.347 e. The van der Waals surface area contributed by atoms with E-state index in [0.717, 1.165) is 11.1 Å². The van der Waals surface area contributed by atoms with Gasteiger partial charge < -0.3 is 14.7 Å². The molecule has 1 saturated heterocycles. The van der Waals surface area contributed by atoms with Crippen LogP contribution in [-0.4, -0.2) is 42.4 Å². The predicted octanol–water partition coefficient (Wildman–Crippen LogP) is 2.72. The number of morpholine rings is 1. The number of benzene rings is 1. The van der Waals surface area contributed by atoms with Crippen molar-refractivity contribution in [1.29, 1.82) is 0 Å². The van der Waals surface area contributed by atoms with Crippen LogP contribution in [0.25, 0.3) is 0 Å². The molecule has 2 heterocycles. The van der Waals surface area contributed by atoms with Crippen LogP contribution >= 0.6 is 11.3 Å². The monoisotopic (exact) mass is 336 g/mol. The Labute approximate surface area is 137 Å². The number of aromatic carboxylic acids is 1. The van der Waals surface area contributed by atoms with Gasteiger partial charge in [0.05, 0.1) is 18.9 Å². The third-order valence-electron chi connectivity index (χ3n) is 3.82. The highest BCUT2D eigenvalue weighted by Gasteiger charge is 2.22. The Bertz CT molecular complexity index is 726. The third-order valence-corrected chi connectivity index (χ3v) is 4.97. The van der Waals surface area contributed by atoms with Crippen LogP contribution in [0.15, 0.2) is 18.2 Å². The lowest BCUT2D eigenvalue weighted by molar-refractivity contribution is 0.0701. The normalized spacial score (nSPS) is 15.0. The number of carboxylic acids is 1. The average molecular weight is 336 g/mol. The first-order valence-corrected chi connectivity index (χ1v) is 8.17. The zero-order valence-corrected chi connectivity index (χ0v) is 13.5. The molecular weight excluding hydrogens is 319 g/mol. The molecule has 1 aliphatic heterocycles. The van der Waals surface area contributed by atoms with Gasteiger partial charge >= 0.3 is 5.97 Å². The molecule has 0 atom stereocenters. The van der Waals surface area contributed by atoms with Crippen LogP contribution in [0.2, 0.25) is 0 Å². The number of anilines is 1. The number of aromatic nitrogens is 1. The first kappa shape index (κ1) is 15.9. The molecule has 0 saturated carbocycles. The predicted molar refractivity (Wildman–Crippen MR) is 86.0 cm³/mol. The van der Waals surface area contributed by atoms with E-state index in [1.807, 2.05) is 11.8 Å². The zero-order valence-electron chi connectivity index (χ0n) is 12.7. The highest BCUT2D eigenvalue weighted by molar-refractivity contribution is 7.17. The number of hydrogen-bond acceptors (Lipinski definition) is 5. The second kappa shape index (κ2) is 6.64. The van der Waals surface area contributed by atoms with Crippen molar-refractivity contribution in [3.05, 3.63) is 45.7 Å². The number of thiazole rings is 1. The van der Waals surface area contributed by atoms with Crippen LogP contribution in [0.1, 0.15) is 26.5 Å². The van der Waals surface area contributed by atoms with Crippen molar-refractivity contribution in [2.24, 2.45) is 0 Å². The number of ether oxygens (including phenoxy) is 1. The van der Waals surface area contributed by atoms with Gasteiger partial charge in [0.15, 0.2) is 5.13 Å². The van der Waals surface area contributed by atoms with Crippen LogP contribution in [-0.2, 0) is 11.2 Å². The average Bonchev–Trinajstić information content (AvgIpc) is 2.95. The molecule has 7 heteroatoms. The van der Waals surface area contributed by atoms with Crippen molar-refractivity contribution < 1.29 is 19.0 Å². The molecule has 1 aliphatic rings. The maximum Gasteiger partial charge on any atom is 0.347 e. The van der Waals surface area contributed by atoms with Gasteiger partial charge in [-0.15, -0.1) is 0 Å². The second-order valence-electron chi connectivity index (χ2n) is 5.42. The lowest BCUT2D eigenvalue weighted by Gasteiger charge is -2.26. The summed E-state index contributed by atoms with van der Waals surface area (Å²) in [4.78, 5) is 18.3. The molecule has 0 radical (unpaired) electrons. The van der Waals surface area contributed by atoms with Crippen molar-refractivity contribution in [2.75, 3.05) is 31.2 Å². The van der Waals surface area contributed by atoms with Gasteiger partial charge in [-0.1, -0.05) is 17.4 Å². The summed E-state index contributed by atoms with van der Waals surface area (Å²) in [7, 11) is 0. The van der Waals surface area contributed by atoms with Crippen LogP contribution in [0, 0.1) is 12.7 Å². The number of rotatable bonds is 4. The minimum atomic E-state index is -0.975. The first-order chi connectivity index (χ1) is 11.0. The summed E-state index contributed by atoms with van der Waals surface area (Å²) in [6, 6.07) is 4.52. The summed E-state index contributed by atoms with van der Waals surface area (Å²) in [5.74, 6) is -1.27. The van der Waals surface area contributed by atoms with E-state index in [0.29, 0.717) is 43.5 Å². The molecular formula is C16H17FN2O3S. The zero-order chi connectivity index (χ0) is 16.4. The standard InChI is InChI=1S/C16H17FN2O3S/c1-10-8-12(17)3-2-11(10)9-13-14(15(20)21)23-16(18-13)19-4-6-22-7-5-19/h2-3,8H,4-7,9H2,1H3,(H,20,21). The molecule has 23 heavy (non-hydrogen) atoms. The molecule has 0 aliphatic carbocycles. The van der Waals surface area contributed by atoms with E-state index in [1.54, 1.807) is 6.07 Å². The maximum absolute atomic E-state index is 13.2. The summed E-state index contributed by atoms with van der Waals surface area (Å²) < 4.78 is 18.5. The maximum atomic E-state index is 13.2. The molecule has 0 bridgehead atoms. The van der Waals surface area contributed by atoms with E-state index in [2.05, 4.69) is 4.98 Å². The quantitative estimate of drug-likeness (QED) is 0.930. The van der Waals surface area contributed by atoms with E-state index in [-0.39, 0.29) is 10.7 Å². The number of carboxylic acid groups (broad SMARTS) is 1. The largest absolute Gasteiger partial charge is 0.477 e. The van der Waals surface area contributed by atoms with Crippen LogP contribution in [0.5, 0.6) is 0 Å². The molecule has 2 aromatic rings. The number of nitrogens with zero attached hydrogens (tertiary/aromatic N) is 2. The van der Waals surface area contributed by atoms with Crippen molar-refractivity contribution in [3.63, 3.8) is 0 Å². The van der Waals surface area contributed by atoms with E-state index >= 15 is 0 Å². The number of hydrogen-bond donors (Lipinski definition) is 1. The highest BCUT2D eigenvalue weighted by atomic mass is 32.1. The Morgan fingerprint density at radius 2 is 2.17 bits per heavy atom. The van der Waals surface area contributed by atoms with Gasteiger partial charge in [-0.3, -0.25) is 0 Å². The Morgan fingerprint density at radius 3 is 2.83 bits per heavy atom. The fourth-order valence-electron chi connectivity index (χ4n) is 2.55. The van der Waals surface area contributed by atoms with Gasteiger partial charge in [-0.05, 0) is 30.2 Å². The van der Waals surface area contributed by atoms with Crippen LogP contribution in [0.3, 0.4) is 0 Å². The minimum Gasteiger partial charge on any atom is -0.477 e. The van der Waals surface area contributed by atoms with Crippen LogP contribution in [0.4, 0.5) is 9.52 Å². The SMILES string of the molecule is Cc1cc(F)ccc1Cc1nc(N2CCOCC2)sc1C(=O)O. The molecule has 0 unspecified atom stereocenters. The Morgan fingerprint density at radius 1 is 1.43 bits per heavy atom. The Kier molecular flexibility index (Phi) is 4.58. The lowest BCUT2D eigenvalue weighted by Crippen LogP contribution is -2.36. The molecule has 1 N–H and O–H groups in total. The van der Waals surface area contributed by atoms with E-state index in [1.165, 1.54) is 23.5 Å². The molecule has 0 amide bonds. The molecule has 122 valence electrons. The van der Waals surface area contributed by atoms with Gasteiger partial charge in [-0.2, -0.15) is 0 Å². The Hall–Kier alpha value is -1.99. The summed E-state index contributed by atoms with van der Waals surface area (Å²) in [6.07, 6.45) is 0.384. The second-order valence-corrected chi connectivity index (χ2v) is 6.40. The van der Waals surface area contributed by atoms with Gasteiger partial charge in [0.25, 0.3) is 0 Å². The van der Waals surface area contributed by atoms with Crippen molar-refractivity contribution >= 4 is 22.4 Å². The van der Waals surface area contributed by atoms with Crippen LogP contribution < -0.4 is 4.90 Å². The highest BCUT2D eigenvalue weighted by Crippen LogP contribution is 2.29. The fraction of sp³-hybridized carbons (Fsp3) is 0.375.